The van der Waals surface area contributed by atoms with E-state index in [0.29, 0.717) is 5.92 Å². The molecule has 2 N–H and O–H groups in total. The van der Waals surface area contributed by atoms with Gasteiger partial charge in [-0.05, 0) is 37.0 Å². The van der Waals surface area contributed by atoms with Crippen molar-refractivity contribution in [3.8, 4) is 0 Å². The Balaban J connectivity index is 2.10. The van der Waals surface area contributed by atoms with Crippen LogP contribution in [0.3, 0.4) is 0 Å². The first kappa shape index (κ1) is 14.4. The van der Waals surface area contributed by atoms with Gasteiger partial charge in [-0.3, -0.25) is 4.90 Å². The molecule has 1 fully saturated rings. The third-order valence-corrected chi connectivity index (χ3v) is 4.32. The molecule has 1 aliphatic heterocycles. The predicted molar refractivity (Wildman–Crippen MR) is 72.7 cm³/mol. The largest absolute Gasteiger partial charge is 0.327 e. The van der Waals surface area contributed by atoms with Gasteiger partial charge in [0.05, 0.1) is 0 Å². The molecular weight excluding hydrogens is 246 g/mol. The molecule has 3 atom stereocenters. The van der Waals surface area contributed by atoms with E-state index < -0.39 is 11.6 Å². The van der Waals surface area contributed by atoms with Crippen molar-refractivity contribution in [2.24, 2.45) is 11.7 Å². The van der Waals surface area contributed by atoms with Gasteiger partial charge < -0.3 is 5.73 Å². The van der Waals surface area contributed by atoms with E-state index >= 15 is 0 Å². The maximum absolute atomic E-state index is 13.3. The third kappa shape index (κ3) is 3.12. The lowest BCUT2D eigenvalue weighted by atomic mass is 9.89. The first-order chi connectivity index (χ1) is 9.02. The molecule has 0 aliphatic carbocycles. The average molecular weight is 268 g/mol. The number of hydrogen-bond acceptors (Lipinski definition) is 2. The second-order valence-electron chi connectivity index (χ2n) is 5.47. The van der Waals surface area contributed by atoms with Gasteiger partial charge in [-0.25, -0.2) is 8.78 Å². The number of halogens is 2. The van der Waals surface area contributed by atoms with Gasteiger partial charge in [-0.2, -0.15) is 0 Å². The minimum absolute atomic E-state index is 0.0941. The van der Waals surface area contributed by atoms with Crippen LogP contribution in [-0.2, 0) is 0 Å². The molecule has 19 heavy (non-hydrogen) atoms. The van der Waals surface area contributed by atoms with E-state index in [1.54, 1.807) is 6.07 Å². The standard InChI is InChI=1S/C15H22F2N2/c1-3-11-9-19(7-6-15(11)18)10(2)12-4-5-13(16)14(17)8-12/h4-5,8,10-11,15H,3,6-7,9,18H2,1-2H3. The van der Waals surface area contributed by atoms with E-state index in [9.17, 15) is 8.78 Å². The molecule has 2 nitrogen and oxygen atoms in total. The molecule has 4 heteroatoms. The minimum atomic E-state index is -0.789. The highest BCUT2D eigenvalue weighted by Crippen LogP contribution is 2.28. The monoisotopic (exact) mass is 268 g/mol. The fourth-order valence-electron chi connectivity index (χ4n) is 2.85. The summed E-state index contributed by atoms with van der Waals surface area (Å²) in [5.74, 6) is -1.07. The van der Waals surface area contributed by atoms with Crippen molar-refractivity contribution in [2.75, 3.05) is 13.1 Å². The van der Waals surface area contributed by atoms with Crippen LogP contribution in [0.15, 0.2) is 18.2 Å². The maximum atomic E-state index is 13.3. The Kier molecular flexibility index (Phi) is 4.53. The van der Waals surface area contributed by atoms with Crippen molar-refractivity contribution in [3.05, 3.63) is 35.4 Å². The molecule has 0 bridgehead atoms. The molecule has 0 spiro atoms. The van der Waals surface area contributed by atoms with Crippen molar-refractivity contribution in [1.29, 1.82) is 0 Å². The Bertz CT molecular complexity index is 436. The lowest BCUT2D eigenvalue weighted by molar-refractivity contribution is 0.114. The summed E-state index contributed by atoms with van der Waals surface area (Å²) in [7, 11) is 0. The van der Waals surface area contributed by atoms with E-state index in [1.807, 2.05) is 6.92 Å². The SMILES string of the molecule is CCC1CN(C(C)c2ccc(F)c(F)c2)CCC1N. The van der Waals surface area contributed by atoms with Gasteiger partial charge in [0, 0.05) is 25.2 Å². The van der Waals surface area contributed by atoms with Gasteiger partial charge in [0.2, 0.25) is 0 Å². The van der Waals surface area contributed by atoms with Crippen LogP contribution >= 0.6 is 0 Å². The van der Waals surface area contributed by atoms with Gasteiger partial charge in [0.1, 0.15) is 0 Å². The van der Waals surface area contributed by atoms with Crippen LogP contribution in [0.2, 0.25) is 0 Å². The van der Waals surface area contributed by atoms with Crippen LogP contribution in [0.4, 0.5) is 8.78 Å². The van der Waals surface area contributed by atoms with Gasteiger partial charge in [-0.1, -0.05) is 19.4 Å². The molecule has 106 valence electrons. The first-order valence-electron chi connectivity index (χ1n) is 6.97. The zero-order chi connectivity index (χ0) is 14.0. The Morgan fingerprint density at radius 1 is 1.37 bits per heavy atom. The Labute approximate surface area is 113 Å². The quantitative estimate of drug-likeness (QED) is 0.912. The lowest BCUT2D eigenvalue weighted by Gasteiger charge is -2.40. The van der Waals surface area contributed by atoms with Crippen LogP contribution in [0.5, 0.6) is 0 Å². The highest BCUT2D eigenvalue weighted by molar-refractivity contribution is 5.21. The molecule has 0 amide bonds. The van der Waals surface area contributed by atoms with E-state index in [4.69, 9.17) is 5.73 Å². The zero-order valence-corrected chi connectivity index (χ0v) is 11.6. The van der Waals surface area contributed by atoms with E-state index in [1.165, 1.54) is 12.1 Å². The molecule has 3 unspecified atom stereocenters. The molecule has 1 heterocycles. The lowest BCUT2D eigenvalue weighted by Crippen LogP contribution is -2.47. The fraction of sp³-hybridized carbons (Fsp3) is 0.600. The van der Waals surface area contributed by atoms with Crippen LogP contribution in [0, 0.1) is 17.6 Å². The number of rotatable bonds is 3. The highest BCUT2D eigenvalue weighted by atomic mass is 19.2. The highest BCUT2D eigenvalue weighted by Gasteiger charge is 2.28. The molecule has 2 rings (SSSR count). The number of benzene rings is 1. The topological polar surface area (TPSA) is 29.3 Å². The van der Waals surface area contributed by atoms with Crippen molar-refractivity contribution >= 4 is 0 Å². The van der Waals surface area contributed by atoms with Crippen molar-refractivity contribution < 1.29 is 8.78 Å². The number of nitrogens with zero attached hydrogens (tertiary/aromatic N) is 1. The average Bonchev–Trinajstić information content (AvgIpc) is 2.41. The molecule has 1 aromatic rings. The summed E-state index contributed by atoms with van der Waals surface area (Å²) in [5, 5.41) is 0. The molecule has 0 saturated carbocycles. The van der Waals surface area contributed by atoms with Crippen molar-refractivity contribution in [3.63, 3.8) is 0 Å². The molecule has 1 aliphatic rings. The molecule has 0 aromatic heterocycles. The van der Waals surface area contributed by atoms with Gasteiger partial charge in [0.25, 0.3) is 0 Å². The summed E-state index contributed by atoms with van der Waals surface area (Å²) in [6.07, 6.45) is 2.02. The predicted octanol–water partition coefficient (Wildman–Crippen LogP) is 3.09. The number of hydrogen-bond donors (Lipinski definition) is 1. The Hall–Kier alpha value is -1.00. The summed E-state index contributed by atoms with van der Waals surface area (Å²) in [6.45, 7) is 6.03. The second kappa shape index (κ2) is 5.97. The number of likely N-dealkylation sites (tertiary alicyclic amines) is 1. The molecule has 1 aromatic carbocycles. The van der Waals surface area contributed by atoms with E-state index in [-0.39, 0.29) is 12.1 Å². The number of nitrogens with two attached hydrogens (primary N) is 1. The zero-order valence-electron chi connectivity index (χ0n) is 11.6. The summed E-state index contributed by atoms with van der Waals surface area (Å²) < 4.78 is 26.3. The second-order valence-corrected chi connectivity index (χ2v) is 5.47. The number of piperidine rings is 1. The Morgan fingerprint density at radius 2 is 2.11 bits per heavy atom. The summed E-state index contributed by atoms with van der Waals surface area (Å²) >= 11 is 0. The van der Waals surface area contributed by atoms with Gasteiger partial charge >= 0.3 is 0 Å². The van der Waals surface area contributed by atoms with Crippen molar-refractivity contribution in [1.82, 2.24) is 4.90 Å². The summed E-state index contributed by atoms with van der Waals surface area (Å²) in [5.41, 5.74) is 6.92. The maximum Gasteiger partial charge on any atom is 0.159 e. The van der Waals surface area contributed by atoms with Gasteiger partial charge in [0.15, 0.2) is 11.6 Å². The molecule has 1 saturated heterocycles. The van der Waals surface area contributed by atoms with E-state index in [0.717, 1.165) is 31.5 Å². The fourth-order valence-corrected chi connectivity index (χ4v) is 2.85. The Morgan fingerprint density at radius 3 is 2.74 bits per heavy atom. The van der Waals surface area contributed by atoms with E-state index in [2.05, 4.69) is 11.8 Å². The van der Waals surface area contributed by atoms with Crippen molar-refractivity contribution in [2.45, 2.75) is 38.8 Å². The third-order valence-electron chi connectivity index (χ3n) is 4.32. The first-order valence-corrected chi connectivity index (χ1v) is 6.97. The normalized spacial score (nSPS) is 26.4. The van der Waals surface area contributed by atoms with Gasteiger partial charge in [-0.15, -0.1) is 0 Å². The van der Waals surface area contributed by atoms with Crippen LogP contribution in [0.1, 0.15) is 38.3 Å². The smallest absolute Gasteiger partial charge is 0.159 e. The van der Waals surface area contributed by atoms with Crippen LogP contribution in [-0.4, -0.2) is 24.0 Å². The molecular formula is C15H22F2N2. The molecule has 0 radical (unpaired) electrons. The minimum Gasteiger partial charge on any atom is -0.327 e. The summed E-state index contributed by atoms with van der Waals surface area (Å²) in [4.78, 5) is 2.31. The van der Waals surface area contributed by atoms with Crippen LogP contribution < -0.4 is 5.73 Å². The van der Waals surface area contributed by atoms with Crippen LogP contribution in [0.25, 0.3) is 0 Å². The summed E-state index contributed by atoms with van der Waals surface area (Å²) in [6, 6.07) is 4.53.